The van der Waals surface area contributed by atoms with E-state index in [0.717, 1.165) is 5.17 Å². The maximum Gasteiger partial charge on any atom is 0.157 e. The first-order valence-electron chi connectivity index (χ1n) is 5.63. The number of rotatable bonds is 6. The molecule has 98 valence electrons. The lowest BCUT2D eigenvalue weighted by Gasteiger charge is -2.27. The van der Waals surface area contributed by atoms with Gasteiger partial charge in [0.1, 0.15) is 0 Å². The third-order valence-corrected chi connectivity index (χ3v) is 3.99. The van der Waals surface area contributed by atoms with E-state index in [2.05, 4.69) is 16.9 Å². The third-order valence-electron chi connectivity index (χ3n) is 2.70. The second-order valence-corrected chi connectivity index (χ2v) is 5.28. The monoisotopic (exact) mass is 260 g/mol. The summed E-state index contributed by atoms with van der Waals surface area (Å²) in [6.07, 6.45) is -0.0331. The molecule has 0 saturated heterocycles. The molecule has 0 aromatic heterocycles. The number of thioether (sulfide) groups is 1. The topological polar surface area (TPSA) is 85.1 Å². The molecule has 4 atom stereocenters. The van der Waals surface area contributed by atoms with Gasteiger partial charge in [-0.2, -0.15) is 0 Å². The first-order chi connectivity index (χ1) is 8.10. The van der Waals surface area contributed by atoms with Crippen molar-refractivity contribution < 1.29 is 15.3 Å². The van der Waals surface area contributed by atoms with E-state index in [1.54, 1.807) is 6.08 Å². The van der Waals surface area contributed by atoms with Crippen LogP contribution in [0.2, 0.25) is 0 Å². The number of hydrogen-bond acceptors (Lipinski definition) is 6. The van der Waals surface area contributed by atoms with Gasteiger partial charge in [0.05, 0.1) is 18.8 Å². The Labute approximate surface area is 106 Å². The average Bonchev–Trinajstić information content (AvgIpc) is 2.75. The van der Waals surface area contributed by atoms with Gasteiger partial charge in [0.25, 0.3) is 0 Å². The highest BCUT2D eigenvalue weighted by atomic mass is 32.2. The average molecular weight is 260 g/mol. The van der Waals surface area contributed by atoms with Gasteiger partial charge >= 0.3 is 0 Å². The van der Waals surface area contributed by atoms with E-state index in [1.807, 2.05) is 0 Å². The predicted molar refractivity (Wildman–Crippen MR) is 70.1 cm³/mol. The van der Waals surface area contributed by atoms with Crippen molar-refractivity contribution in [2.24, 2.45) is 10.9 Å². The smallest absolute Gasteiger partial charge is 0.157 e. The van der Waals surface area contributed by atoms with Crippen LogP contribution in [0.25, 0.3) is 0 Å². The van der Waals surface area contributed by atoms with E-state index in [9.17, 15) is 15.3 Å². The second-order valence-electron chi connectivity index (χ2n) is 4.05. The van der Waals surface area contributed by atoms with Gasteiger partial charge in [-0.1, -0.05) is 17.8 Å². The van der Waals surface area contributed by atoms with Gasteiger partial charge in [-0.05, 0) is 6.92 Å². The summed E-state index contributed by atoms with van der Waals surface area (Å²) in [6, 6.07) is 0. The Morgan fingerprint density at radius 2 is 2.35 bits per heavy atom. The number of aliphatic hydroxyl groups is 3. The Bertz CT molecular complexity index is 284. The summed E-state index contributed by atoms with van der Waals surface area (Å²) in [5.41, 5.74) is 0. The summed E-state index contributed by atoms with van der Waals surface area (Å²) in [7, 11) is 0. The maximum absolute atomic E-state index is 9.80. The van der Waals surface area contributed by atoms with Crippen LogP contribution < -0.4 is 5.32 Å². The lowest BCUT2D eigenvalue weighted by molar-refractivity contribution is -0.0229. The molecule has 1 heterocycles. The molecule has 0 fully saturated rings. The first kappa shape index (κ1) is 14.5. The lowest BCUT2D eigenvalue weighted by Crippen LogP contribution is -2.40. The molecule has 0 aliphatic carbocycles. The number of nitrogens with one attached hydrogen (secondary N) is 1. The SMILES string of the molecule is C=CCNC1=NCC([C@H](CO)[C@@H](O)[C@@H](C)O)S1. The largest absolute Gasteiger partial charge is 0.396 e. The molecule has 1 aliphatic heterocycles. The zero-order valence-corrected chi connectivity index (χ0v) is 10.7. The molecule has 1 rings (SSSR count). The Kier molecular flexibility index (Phi) is 5.97. The minimum absolute atomic E-state index is 0.00286. The maximum atomic E-state index is 9.80. The zero-order valence-electron chi connectivity index (χ0n) is 9.91. The normalized spacial score (nSPS) is 24.9. The minimum atomic E-state index is -0.925. The van der Waals surface area contributed by atoms with E-state index in [4.69, 9.17) is 0 Å². The molecule has 0 radical (unpaired) electrons. The molecule has 17 heavy (non-hydrogen) atoms. The molecule has 0 amide bonds. The molecule has 6 heteroatoms. The Balaban J connectivity index is 2.49. The Morgan fingerprint density at radius 1 is 1.65 bits per heavy atom. The first-order valence-corrected chi connectivity index (χ1v) is 6.51. The van der Waals surface area contributed by atoms with Gasteiger partial charge in [0.15, 0.2) is 5.17 Å². The highest BCUT2D eigenvalue weighted by Crippen LogP contribution is 2.29. The quantitative estimate of drug-likeness (QED) is 0.488. The molecule has 1 aliphatic rings. The van der Waals surface area contributed by atoms with Crippen LogP contribution in [0.1, 0.15) is 6.92 Å². The number of nitrogens with zero attached hydrogens (tertiary/aromatic N) is 1. The fourth-order valence-corrected chi connectivity index (χ4v) is 2.85. The van der Waals surface area contributed by atoms with Crippen LogP contribution in [0.15, 0.2) is 17.6 Å². The van der Waals surface area contributed by atoms with Gasteiger partial charge in [-0.3, -0.25) is 4.99 Å². The number of aliphatic hydroxyl groups excluding tert-OH is 3. The molecule has 0 saturated carbocycles. The van der Waals surface area contributed by atoms with Crippen LogP contribution >= 0.6 is 11.8 Å². The summed E-state index contributed by atoms with van der Waals surface area (Å²) in [5, 5.41) is 32.3. The standard InChI is InChI=1S/C11H20N2O3S/c1-3-4-12-11-13-5-9(17-11)8(6-14)10(16)7(2)15/h3,7-10,14-16H,1,4-6H2,2H3,(H,12,13)/t7-,8+,9?,10+/m1/s1. The summed E-state index contributed by atoms with van der Waals surface area (Å²) >= 11 is 1.49. The van der Waals surface area contributed by atoms with Crippen molar-refractivity contribution in [3.63, 3.8) is 0 Å². The molecule has 5 nitrogen and oxygen atoms in total. The summed E-state index contributed by atoms with van der Waals surface area (Å²) in [4.78, 5) is 4.28. The van der Waals surface area contributed by atoms with Crippen LogP contribution in [0.3, 0.4) is 0 Å². The van der Waals surface area contributed by atoms with Gasteiger partial charge in [-0.25, -0.2) is 0 Å². The van der Waals surface area contributed by atoms with Crippen LogP contribution in [0.5, 0.6) is 0 Å². The molecule has 1 unspecified atom stereocenters. The van der Waals surface area contributed by atoms with E-state index in [-0.39, 0.29) is 17.8 Å². The van der Waals surface area contributed by atoms with Crippen molar-refractivity contribution in [1.82, 2.24) is 5.32 Å². The Hall–Kier alpha value is -0.560. The van der Waals surface area contributed by atoms with E-state index >= 15 is 0 Å². The van der Waals surface area contributed by atoms with Crippen molar-refractivity contribution in [2.75, 3.05) is 19.7 Å². The molecule has 0 aromatic carbocycles. The fraction of sp³-hybridized carbons (Fsp3) is 0.727. The lowest BCUT2D eigenvalue weighted by atomic mass is 9.95. The number of hydrogen-bond donors (Lipinski definition) is 4. The predicted octanol–water partition coefficient (Wildman–Crippen LogP) is -0.416. The summed E-state index contributed by atoms with van der Waals surface area (Å²) in [5.74, 6) is -0.369. The van der Waals surface area contributed by atoms with Crippen LogP contribution in [0, 0.1) is 5.92 Å². The van der Waals surface area contributed by atoms with E-state index < -0.39 is 12.2 Å². The van der Waals surface area contributed by atoms with E-state index in [1.165, 1.54) is 18.7 Å². The van der Waals surface area contributed by atoms with Gasteiger partial charge < -0.3 is 20.6 Å². The van der Waals surface area contributed by atoms with Gasteiger partial charge in [0, 0.05) is 24.3 Å². The molecule has 4 N–H and O–H groups in total. The van der Waals surface area contributed by atoms with E-state index in [0.29, 0.717) is 13.1 Å². The summed E-state index contributed by atoms with van der Waals surface area (Å²) < 4.78 is 0. The van der Waals surface area contributed by atoms with Crippen LogP contribution in [-0.4, -0.2) is 57.6 Å². The van der Waals surface area contributed by atoms with Crippen molar-refractivity contribution in [2.45, 2.75) is 24.4 Å². The third kappa shape index (κ3) is 3.99. The number of aliphatic imine (C=N–C) groups is 1. The summed E-state index contributed by atoms with van der Waals surface area (Å²) in [6.45, 7) is 6.14. The van der Waals surface area contributed by atoms with Crippen molar-refractivity contribution >= 4 is 16.9 Å². The van der Waals surface area contributed by atoms with Gasteiger partial charge in [-0.15, -0.1) is 6.58 Å². The molecular formula is C11H20N2O3S. The highest BCUT2D eigenvalue weighted by molar-refractivity contribution is 8.14. The van der Waals surface area contributed by atoms with Crippen LogP contribution in [-0.2, 0) is 0 Å². The highest BCUT2D eigenvalue weighted by Gasteiger charge is 2.34. The van der Waals surface area contributed by atoms with Crippen molar-refractivity contribution in [3.8, 4) is 0 Å². The molecule has 0 aromatic rings. The molecular weight excluding hydrogens is 240 g/mol. The number of amidine groups is 1. The van der Waals surface area contributed by atoms with Gasteiger partial charge in [0.2, 0.25) is 0 Å². The zero-order chi connectivity index (χ0) is 12.8. The fourth-order valence-electron chi connectivity index (χ4n) is 1.67. The van der Waals surface area contributed by atoms with Crippen molar-refractivity contribution in [1.29, 1.82) is 0 Å². The van der Waals surface area contributed by atoms with Crippen LogP contribution in [0.4, 0.5) is 0 Å². The molecule has 0 bridgehead atoms. The second kappa shape index (κ2) is 7.00. The Morgan fingerprint density at radius 3 is 2.88 bits per heavy atom. The minimum Gasteiger partial charge on any atom is -0.396 e. The van der Waals surface area contributed by atoms with Crippen molar-refractivity contribution in [3.05, 3.63) is 12.7 Å². The molecule has 0 spiro atoms.